The highest BCUT2D eigenvalue weighted by atomic mass is 16.3. The van der Waals surface area contributed by atoms with Crippen molar-refractivity contribution in [3.8, 4) is 11.4 Å². The van der Waals surface area contributed by atoms with Gasteiger partial charge in [0.1, 0.15) is 5.82 Å². The van der Waals surface area contributed by atoms with E-state index in [1.807, 2.05) is 18.3 Å². The van der Waals surface area contributed by atoms with Gasteiger partial charge in [-0.15, -0.1) is 0 Å². The van der Waals surface area contributed by atoms with E-state index >= 15 is 0 Å². The second-order valence-corrected chi connectivity index (χ2v) is 9.55. The molecule has 3 aliphatic rings. The fourth-order valence-corrected chi connectivity index (χ4v) is 5.21. The van der Waals surface area contributed by atoms with Gasteiger partial charge >= 0.3 is 0 Å². The lowest BCUT2D eigenvalue weighted by molar-refractivity contribution is -0.123. The maximum absolute atomic E-state index is 8.36. The van der Waals surface area contributed by atoms with Crippen LogP contribution in [0.15, 0.2) is 30.6 Å². The van der Waals surface area contributed by atoms with Crippen LogP contribution >= 0.6 is 0 Å². The summed E-state index contributed by atoms with van der Waals surface area (Å²) in [4.78, 5) is 35.7. The molecule has 5 rings (SSSR count). The van der Waals surface area contributed by atoms with Crippen molar-refractivity contribution < 1.29 is 19.8 Å². The predicted octanol–water partition coefficient (Wildman–Crippen LogP) is 3.59. The van der Waals surface area contributed by atoms with Crippen LogP contribution in [0.4, 0.5) is 5.82 Å². The highest BCUT2D eigenvalue weighted by Gasteiger charge is 2.32. The molecule has 3 fully saturated rings. The number of piperidine rings is 2. The zero-order valence-corrected chi connectivity index (χ0v) is 20.5. The molecule has 0 unspecified atom stereocenters. The minimum absolute atomic E-state index is 0.250. The highest BCUT2D eigenvalue weighted by molar-refractivity contribution is 5.56. The maximum Gasteiger partial charge on any atom is 0.290 e. The molecular formula is C26H37N5O4. The Balaban J connectivity index is 0.000000520. The summed E-state index contributed by atoms with van der Waals surface area (Å²) in [6.45, 7) is 7.85. The third kappa shape index (κ3) is 8.28. The van der Waals surface area contributed by atoms with Crippen molar-refractivity contribution in [3.63, 3.8) is 0 Å². The zero-order chi connectivity index (χ0) is 25.0. The van der Waals surface area contributed by atoms with E-state index in [1.165, 1.54) is 58.2 Å². The predicted molar refractivity (Wildman–Crippen MR) is 134 cm³/mol. The lowest BCUT2D eigenvalue weighted by Gasteiger charge is -2.40. The molecule has 1 aliphatic carbocycles. The second-order valence-electron chi connectivity index (χ2n) is 9.55. The molecule has 9 heteroatoms. The summed E-state index contributed by atoms with van der Waals surface area (Å²) in [5, 5.41) is 13.8. The van der Waals surface area contributed by atoms with E-state index in [2.05, 4.69) is 32.8 Å². The van der Waals surface area contributed by atoms with Crippen LogP contribution in [0.1, 0.15) is 44.2 Å². The van der Waals surface area contributed by atoms with Gasteiger partial charge in [0.2, 0.25) is 0 Å². The molecule has 0 spiro atoms. The van der Waals surface area contributed by atoms with Crippen molar-refractivity contribution in [2.24, 2.45) is 17.8 Å². The highest BCUT2D eigenvalue weighted by Crippen LogP contribution is 2.36. The number of anilines is 1. The van der Waals surface area contributed by atoms with Gasteiger partial charge in [-0.3, -0.25) is 14.6 Å². The van der Waals surface area contributed by atoms with Gasteiger partial charge in [0.15, 0.2) is 5.82 Å². The minimum Gasteiger partial charge on any atom is -0.483 e. The number of pyridine rings is 1. The second kappa shape index (κ2) is 13.7. The number of hydrogen-bond acceptors (Lipinski definition) is 7. The van der Waals surface area contributed by atoms with Crippen LogP contribution in [0, 0.1) is 24.7 Å². The molecule has 0 amide bonds. The Labute approximate surface area is 207 Å². The van der Waals surface area contributed by atoms with Gasteiger partial charge in [0, 0.05) is 49.4 Å². The van der Waals surface area contributed by atoms with Crippen LogP contribution in [-0.2, 0) is 9.59 Å². The maximum atomic E-state index is 8.36. The lowest BCUT2D eigenvalue weighted by Crippen LogP contribution is -2.41. The lowest BCUT2D eigenvalue weighted by atomic mass is 9.79. The van der Waals surface area contributed by atoms with Crippen LogP contribution in [0.3, 0.4) is 0 Å². The number of aromatic nitrogens is 3. The van der Waals surface area contributed by atoms with E-state index in [9.17, 15) is 0 Å². The molecule has 190 valence electrons. The van der Waals surface area contributed by atoms with Gasteiger partial charge in [-0.2, -0.15) is 0 Å². The van der Waals surface area contributed by atoms with Gasteiger partial charge < -0.3 is 20.0 Å². The standard InChI is InChI=1S/C24H33N5.2CH2O2/c1-18-15-23(27-24(26-18)22-3-2-10-25-16-22)29-13-8-21(9-14-29)20-6-11-28(12-7-20)17-19-4-5-19;2*2-1-3/h2-3,10,15-16,19-21H,4-9,11-14,17H2,1H3;2*1H,(H,2,3). The number of nitrogens with zero attached hydrogens (tertiary/aromatic N) is 5. The van der Waals surface area contributed by atoms with E-state index in [-0.39, 0.29) is 12.9 Å². The van der Waals surface area contributed by atoms with E-state index in [0.29, 0.717) is 0 Å². The molecule has 0 bridgehead atoms. The Bertz CT molecular complexity index is 903. The molecule has 1 saturated carbocycles. The first-order valence-corrected chi connectivity index (χ1v) is 12.5. The van der Waals surface area contributed by atoms with Crippen LogP contribution in [-0.4, -0.2) is 75.7 Å². The fraction of sp³-hybridized carbons (Fsp3) is 0.577. The van der Waals surface area contributed by atoms with Gasteiger partial charge in [-0.05, 0) is 88.4 Å². The van der Waals surface area contributed by atoms with Gasteiger partial charge in [0.25, 0.3) is 12.9 Å². The van der Waals surface area contributed by atoms with Crippen LogP contribution in [0.25, 0.3) is 11.4 Å². The molecule has 0 atom stereocenters. The number of carbonyl (C=O) groups is 2. The number of carboxylic acid groups (broad SMARTS) is 2. The van der Waals surface area contributed by atoms with Gasteiger partial charge in [-0.25, -0.2) is 9.97 Å². The Kier molecular flexibility index (Phi) is 10.4. The third-order valence-electron chi connectivity index (χ3n) is 7.14. The largest absolute Gasteiger partial charge is 0.483 e. The van der Waals surface area contributed by atoms with Crippen molar-refractivity contribution in [3.05, 3.63) is 36.3 Å². The van der Waals surface area contributed by atoms with E-state index < -0.39 is 0 Å². The van der Waals surface area contributed by atoms with E-state index in [0.717, 1.165) is 53.7 Å². The first kappa shape index (κ1) is 26.5. The number of likely N-dealkylation sites (tertiary alicyclic amines) is 1. The normalized spacial score (nSPS) is 19.1. The van der Waals surface area contributed by atoms with Crippen LogP contribution < -0.4 is 4.90 Å². The Morgan fingerprint density at radius 1 is 0.943 bits per heavy atom. The van der Waals surface area contributed by atoms with Crippen molar-refractivity contribution in [1.82, 2.24) is 19.9 Å². The molecule has 4 heterocycles. The molecule has 2 aliphatic heterocycles. The summed E-state index contributed by atoms with van der Waals surface area (Å²) in [5.74, 6) is 4.73. The van der Waals surface area contributed by atoms with Crippen LogP contribution in [0.5, 0.6) is 0 Å². The zero-order valence-electron chi connectivity index (χ0n) is 20.5. The smallest absolute Gasteiger partial charge is 0.290 e. The Hall–Kier alpha value is -3.07. The summed E-state index contributed by atoms with van der Waals surface area (Å²) < 4.78 is 0. The van der Waals surface area contributed by atoms with E-state index in [4.69, 9.17) is 24.8 Å². The quantitative estimate of drug-likeness (QED) is 0.615. The van der Waals surface area contributed by atoms with E-state index in [1.54, 1.807) is 6.20 Å². The monoisotopic (exact) mass is 483 g/mol. The molecular weight excluding hydrogens is 446 g/mol. The Morgan fingerprint density at radius 2 is 1.54 bits per heavy atom. The molecule has 9 nitrogen and oxygen atoms in total. The Morgan fingerprint density at radius 3 is 2.09 bits per heavy atom. The fourth-order valence-electron chi connectivity index (χ4n) is 5.21. The first-order chi connectivity index (χ1) is 17.1. The molecule has 0 radical (unpaired) electrons. The summed E-state index contributed by atoms with van der Waals surface area (Å²) in [5.41, 5.74) is 2.02. The molecule has 2 N–H and O–H groups in total. The van der Waals surface area contributed by atoms with Crippen LogP contribution in [0.2, 0.25) is 0 Å². The SMILES string of the molecule is Cc1cc(N2CCC(C3CCN(CC4CC4)CC3)CC2)nc(-c2cccnc2)n1.O=CO.O=CO. The van der Waals surface area contributed by atoms with Crippen molar-refractivity contribution >= 4 is 18.8 Å². The number of hydrogen-bond donors (Lipinski definition) is 2. The number of rotatable bonds is 5. The third-order valence-corrected chi connectivity index (χ3v) is 7.14. The number of aryl methyl sites for hydroxylation is 1. The summed E-state index contributed by atoms with van der Waals surface area (Å²) >= 11 is 0. The first-order valence-electron chi connectivity index (χ1n) is 12.5. The summed E-state index contributed by atoms with van der Waals surface area (Å²) in [6.07, 6.45) is 12.0. The summed E-state index contributed by atoms with van der Waals surface area (Å²) in [7, 11) is 0. The average Bonchev–Trinajstić information content (AvgIpc) is 3.70. The van der Waals surface area contributed by atoms with Crippen molar-refractivity contribution in [2.75, 3.05) is 37.6 Å². The molecule has 0 aromatic carbocycles. The summed E-state index contributed by atoms with van der Waals surface area (Å²) in [6, 6.07) is 6.12. The van der Waals surface area contributed by atoms with Gasteiger partial charge in [0.05, 0.1) is 0 Å². The minimum atomic E-state index is -0.250. The average molecular weight is 484 g/mol. The van der Waals surface area contributed by atoms with Crippen molar-refractivity contribution in [1.29, 1.82) is 0 Å². The molecule has 2 saturated heterocycles. The molecule has 35 heavy (non-hydrogen) atoms. The molecule has 2 aromatic rings. The van der Waals surface area contributed by atoms with Gasteiger partial charge in [-0.1, -0.05) is 0 Å². The van der Waals surface area contributed by atoms with Crippen molar-refractivity contribution in [2.45, 2.75) is 45.4 Å². The topological polar surface area (TPSA) is 120 Å². The molecule has 2 aromatic heterocycles.